The average molecular weight is 225 g/mol. The maximum Gasteiger partial charge on any atom is 0.317 e. The van der Waals surface area contributed by atoms with Crippen molar-refractivity contribution in [1.29, 1.82) is 0 Å². The Balaban J connectivity index is 2.09. The molecule has 0 spiro atoms. The lowest BCUT2D eigenvalue weighted by molar-refractivity contribution is -0.138. The van der Waals surface area contributed by atoms with E-state index in [2.05, 4.69) is 11.4 Å². The fourth-order valence-electron chi connectivity index (χ4n) is 1.99. The Morgan fingerprint density at radius 3 is 2.93 bits per heavy atom. The Kier molecular flexibility index (Phi) is 3.07. The van der Waals surface area contributed by atoms with Crippen LogP contribution in [0, 0.1) is 5.92 Å². The van der Waals surface area contributed by atoms with E-state index in [4.69, 9.17) is 5.11 Å². The van der Waals surface area contributed by atoms with Crippen LogP contribution in [0.2, 0.25) is 0 Å². The van der Waals surface area contributed by atoms with Crippen LogP contribution in [0.1, 0.15) is 23.8 Å². The van der Waals surface area contributed by atoms with Gasteiger partial charge < -0.3 is 5.11 Å². The number of aliphatic carboxylic acids is 1. The number of hydrogen-bond donors (Lipinski definition) is 1. The zero-order valence-corrected chi connectivity index (χ0v) is 9.54. The lowest BCUT2D eigenvalue weighted by Crippen LogP contribution is -2.30. The third-order valence-electron chi connectivity index (χ3n) is 2.76. The molecule has 0 radical (unpaired) electrons. The number of hydrogen-bond acceptors (Lipinski definition) is 3. The first-order valence-electron chi connectivity index (χ1n) is 5.14. The average Bonchev–Trinajstić information content (AvgIpc) is 2.80. The highest BCUT2D eigenvalue weighted by atomic mass is 32.1. The Labute approximate surface area is 93.3 Å². The van der Waals surface area contributed by atoms with Crippen molar-refractivity contribution in [3.63, 3.8) is 0 Å². The van der Waals surface area contributed by atoms with Crippen LogP contribution in [-0.2, 0) is 4.79 Å². The summed E-state index contributed by atoms with van der Waals surface area (Å²) in [6, 6.07) is 4.44. The van der Waals surface area contributed by atoms with Gasteiger partial charge in [-0.05, 0) is 37.3 Å². The highest BCUT2D eigenvalue weighted by molar-refractivity contribution is 7.10. The van der Waals surface area contributed by atoms with E-state index in [-0.39, 0.29) is 6.54 Å². The molecule has 0 amide bonds. The molecule has 0 aliphatic heterocycles. The standard InChI is InChI=1S/C11H15NO2S/c1-12(7-10(13)14)11(8-4-5-8)9-3-2-6-15-9/h2-3,6,8,11H,4-5,7H2,1H3,(H,13,14). The summed E-state index contributed by atoms with van der Waals surface area (Å²) >= 11 is 1.72. The van der Waals surface area contributed by atoms with Gasteiger partial charge in [-0.1, -0.05) is 6.07 Å². The van der Waals surface area contributed by atoms with Crippen molar-refractivity contribution in [1.82, 2.24) is 4.90 Å². The molecule has 2 rings (SSSR count). The van der Waals surface area contributed by atoms with Gasteiger partial charge in [-0.3, -0.25) is 9.69 Å². The van der Waals surface area contributed by atoms with Gasteiger partial charge in [0.15, 0.2) is 0 Å². The van der Waals surface area contributed by atoms with Crippen LogP contribution in [0.15, 0.2) is 17.5 Å². The molecule has 1 heterocycles. The lowest BCUT2D eigenvalue weighted by atomic mass is 10.1. The molecule has 1 aliphatic carbocycles. The number of carbonyl (C=O) groups is 1. The summed E-state index contributed by atoms with van der Waals surface area (Å²) in [4.78, 5) is 13.9. The van der Waals surface area contributed by atoms with Gasteiger partial charge in [0.25, 0.3) is 0 Å². The van der Waals surface area contributed by atoms with Crippen molar-refractivity contribution in [2.45, 2.75) is 18.9 Å². The second-order valence-electron chi connectivity index (χ2n) is 4.11. The first-order valence-corrected chi connectivity index (χ1v) is 6.02. The van der Waals surface area contributed by atoms with Crippen LogP contribution in [0.4, 0.5) is 0 Å². The largest absolute Gasteiger partial charge is 0.480 e. The summed E-state index contributed by atoms with van der Waals surface area (Å²) in [6.45, 7) is 0.124. The molecule has 1 atom stereocenters. The Hall–Kier alpha value is -0.870. The molecule has 4 heteroatoms. The minimum absolute atomic E-state index is 0.124. The maximum absolute atomic E-state index is 10.7. The van der Waals surface area contributed by atoms with E-state index in [1.54, 1.807) is 11.3 Å². The number of rotatable bonds is 5. The minimum Gasteiger partial charge on any atom is -0.480 e. The maximum atomic E-state index is 10.7. The summed E-state index contributed by atoms with van der Waals surface area (Å²) in [6.07, 6.45) is 2.46. The Bertz CT molecular complexity index is 332. The third kappa shape index (κ3) is 2.58. The second-order valence-corrected chi connectivity index (χ2v) is 5.09. The van der Waals surface area contributed by atoms with Crippen molar-refractivity contribution in [3.8, 4) is 0 Å². The number of nitrogens with zero attached hydrogens (tertiary/aromatic N) is 1. The van der Waals surface area contributed by atoms with Crippen LogP contribution in [0.5, 0.6) is 0 Å². The first kappa shape index (κ1) is 10.6. The van der Waals surface area contributed by atoms with E-state index in [9.17, 15) is 4.79 Å². The molecule has 1 saturated carbocycles. The predicted octanol–water partition coefficient (Wildman–Crippen LogP) is 2.22. The first-order chi connectivity index (χ1) is 7.18. The summed E-state index contributed by atoms with van der Waals surface area (Å²) in [5.74, 6) is -0.0901. The van der Waals surface area contributed by atoms with Gasteiger partial charge in [-0.25, -0.2) is 0 Å². The lowest BCUT2D eigenvalue weighted by Gasteiger charge is -2.25. The Morgan fingerprint density at radius 2 is 2.47 bits per heavy atom. The predicted molar refractivity (Wildman–Crippen MR) is 60.0 cm³/mol. The molecule has 1 aromatic heterocycles. The Morgan fingerprint density at radius 1 is 1.73 bits per heavy atom. The van der Waals surface area contributed by atoms with E-state index in [1.165, 1.54) is 17.7 Å². The molecular formula is C11H15NO2S. The number of thiophene rings is 1. The molecule has 82 valence electrons. The van der Waals surface area contributed by atoms with E-state index in [1.807, 2.05) is 18.0 Å². The van der Waals surface area contributed by atoms with Gasteiger partial charge in [-0.15, -0.1) is 11.3 Å². The molecule has 0 bridgehead atoms. The second kappa shape index (κ2) is 4.33. The minimum atomic E-state index is -0.750. The molecule has 1 aromatic rings. The van der Waals surface area contributed by atoms with E-state index < -0.39 is 5.97 Å². The molecule has 0 saturated heterocycles. The monoisotopic (exact) mass is 225 g/mol. The van der Waals surface area contributed by atoms with Gasteiger partial charge in [-0.2, -0.15) is 0 Å². The molecule has 1 aliphatic rings. The third-order valence-corrected chi connectivity index (χ3v) is 3.71. The molecule has 3 nitrogen and oxygen atoms in total. The van der Waals surface area contributed by atoms with Crippen molar-refractivity contribution in [2.75, 3.05) is 13.6 Å². The fourth-order valence-corrected chi connectivity index (χ4v) is 2.98. The van der Waals surface area contributed by atoms with Crippen molar-refractivity contribution < 1.29 is 9.90 Å². The summed E-state index contributed by atoms with van der Waals surface area (Å²) in [5.41, 5.74) is 0. The van der Waals surface area contributed by atoms with Gasteiger partial charge in [0.2, 0.25) is 0 Å². The van der Waals surface area contributed by atoms with Crippen LogP contribution < -0.4 is 0 Å². The summed E-state index contributed by atoms with van der Waals surface area (Å²) in [7, 11) is 1.90. The molecule has 1 N–H and O–H groups in total. The number of carboxylic acids is 1. The molecular weight excluding hydrogens is 210 g/mol. The highest BCUT2D eigenvalue weighted by Gasteiger charge is 2.35. The zero-order chi connectivity index (χ0) is 10.8. The molecule has 15 heavy (non-hydrogen) atoms. The topological polar surface area (TPSA) is 40.5 Å². The highest BCUT2D eigenvalue weighted by Crippen LogP contribution is 2.45. The fraction of sp³-hybridized carbons (Fsp3) is 0.545. The van der Waals surface area contributed by atoms with Crippen LogP contribution >= 0.6 is 11.3 Å². The van der Waals surface area contributed by atoms with Gasteiger partial charge in [0.1, 0.15) is 0 Å². The van der Waals surface area contributed by atoms with E-state index in [0.717, 1.165) is 0 Å². The summed E-state index contributed by atoms with van der Waals surface area (Å²) < 4.78 is 0. The smallest absolute Gasteiger partial charge is 0.317 e. The van der Waals surface area contributed by atoms with Crippen LogP contribution in [-0.4, -0.2) is 29.6 Å². The van der Waals surface area contributed by atoms with E-state index >= 15 is 0 Å². The van der Waals surface area contributed by atoms with Gasteiger partial charge in [0.05, 0.1) is 6.54 Å². The van der Waals surface area contributed by atoms with Crippen LogP contribution in [0.25, 0.3) is 0 Å². The van der Waals surface area contributed by atoms with E-state index in [0.29, 0.717) is 12.0 Å². The van der Waals surface area contributed by atoms with Crippen LogP contribution in [0.3, 0.4) is 0 Å². The zero-order valence-electron chi connectivity index (χ0n) is 8.72. The molecule has 1 fully saturated rings. The molecule has 0 aromatic carbocycles. The van der Waals surface area contributed by atoms with Crippen molar-refractivity contribution >= 4 is 17.3 Å². The number of likely N-dealkylation sites (N-methyl/N-ethyl adjacent to an activating group) is 1. The van der Waals surface area contributed by atoms with Gasteiger partial charge in [0, 0.05) is 10.9 Å². The van der Waals surface area contributed by atoms with Crippen molar-refractivity contribution in [2.24, 2.45) is 5.92 Å². The normalized spacial score (nSPS) is 18.0. The van der Waals surface area contributed by atoms with Crippen molar-refractivity contribution in [3.05, 3.63) is 22.4 Å². The number of carboxylic acid groups (broad SMARTS) is 1. The molecule has 1 unspecified atom stereocenters. The summed E-state index contributed by atoms with van der Waals surface area (Å²) in [5, 5.41) is 10.8. The van der Waals surface area contributed by atoms with Gasteiger partial charge >= 0.3 is 5.97 Å². The quantitative estimate of drug-likeness (QED) is 0.835. The SMILES string of the molecule is CN(CC(=O)O)C(c1cccs1)C1CC1.